The third-order valence-corrected chi connectivity index (χ3v) is 6.48. The molecule has 0 saturated carbocycles. The van der Waals surface area contributed by atoms with Crippen molar-refractivity contribution in [2.45, 2.75) is 18.7 Å². The van der Waals surface area contributed by atoms with Crippen LogP contribution in [0.2, 0.25) is 0 Å². The lowest BCUT2D eigenvalue weighted by Gasteiger charge is -2.15. The molecule has 1 N–H and O–H groups in total. The van der Waals surface area contributed by atoms with Gasteiger partial charge in [0.25, 0.3) is 0 Å². The van der Waals surface area contributed by atoms with Gasteiger partial charge in [-0.2, -0.15) is 0 Å². The maximum absolute atomic E-state index is 14.7. The number of nitrogens with zero attached hydrogens (tertiary/aromatic N) is 2. The molecule has 11 heteroatoms. The van der Waals surface area contributed by atoms with Crippen LogP contribution in [0.5, 0.6) is 0 Å². The number of carbonyl (C=O) groups is 2. The molecule has 1 saturated heterocycles. The molecule has 0 spiro atoms. The molecule has 1 aliphatic rings. The molecule has 2 rings (SSSR count). The van der Waals surface area contributed by atoms with Crippen LogP contribution in [0.4, 0.5) is 9.18 Å². The molecule has 2 heterocycles. The van der Waals surface area contributed by atoms with Crippen molar-refractivity contribution < 1.29 is 37.0 Å². The van der Waals surface area contributed by atoms with Gasteiger partial charge in [0.05, 0.1) is 19.0 Å². The van der Waals surface area contributed by atoms with Gasteiger partial charge in [-0.25, -0.2) is 22.4 Å². The summed E-state index contributed by atoms with van der Waals surface area (Å²) in [4.78, 5) is 24.5. The van der Waals surface area contributed by atoms with Crippen LogP contribution in [0.3, 0.4) is 0 Å². The highest BCUT2D eigenvalue weighted by Gasteiger charge is 2.40. The Morgan fingerprint density at radius 3 is 2.39 bits per heavy atom. The van der Waals surface area contributed by atoms with E-state index < -0.39 is 55.9 Å². The van der Waals surface area contributed by atoms with Gasteiger partial charge in [0.15, 0.2) is 21.3 Å². The first-order valence-corrected chi connectivity index (χ1v) is 10.6. The Morgan fingerprint density at radius 2 is 1.82 bits per heavy atom. The first-order chi connectivity index (χ1) is 13.2. The third kappa shape index (κ3) is 4.46. The van der Waals surface area contributed by atoms with Crippen molar-refractivity contribution in [3.63, 3.8) is 0 Å². The average molecular weight is 420 g/mol. The maximum atomic E-state index is 14.7. The van der Waals surface area contributed by atoms with Gasteiger partial charge in [0.2, 0.25) is 0 Å². The Bertz CT molecular complexity index is 837. The third-order valence-electron chi connectivity index (χ3n) is 4.66. The molecule has 0 aliphatic carbocycles. The molecule has 9 nitrogen and oxygen atoms in total. The maximum Gasteiger partial charge on any atom is 0.409 e. The smallest absolute Gasteiger partial charge is 0.409 e. The zero-order valence-electron chi connectivity index (χ0n) is 16.1. The molecule has 0 aromatic carbocycles. The summed E-state index contributed by atoms with van der Waals surface area (Å²) in [5.41, 5.74) is -0.473. The summed E-state index contributed by atoms with van der Waals surface area (Å²) in [6, 6.07) is 0. The number of ether oxygens (including phenoxy) is 2. The minimum absolute atomic E-state index is 0.0233. The second-order valence-electron chi connectivity index (χ2n) is 6.58. The molecule has 1 aromatic heterocycles. The number of aryl methyl sites for hydroxylation is 1. The molecule has 28 heavy (non-hydrogen) atoms. The number of carbonyl (C=O) groups excluding carboxylic acids is 2. The summed E-state index contributed by atoms with van der Waals surface area (Å²) in [6.07, 6.45) is 0.444. The Labute approximate surface area is 162 Å². The van der Waals surface area contributed by atoms with Crippen molar-refractivity contribution >= 4 is 21.9 Å². The number of aliphatic hydroxyl groups excluding tert-OH is 1. The number of esters is 1. The molecule has 0 radical (unpaired) electrons. The zero-order chi connectivity index (χ0) is 21.1. The summed E-state index contributed by atoms with van der Waals surface area (Å²) in [5.74, 6) is -3.66. The van der Waals surface area contributed by atoms with Crippen LogP contribution in [-0.4, -0.2) is 73.7 Å². The number of hydrogen-bond acceptors (Lipinski definition) is 7. The van der Waals surface area contributed by atoms with E-state index in [1.54, 1.807) is 13.8 Å². The monoisotopic (exact) mass is 420 g/mol. The van der Waals surface area contributed by atoms with Crippen LogP contribution < -0.4 is 0 Å². The molecule has 0 bridgehead atoms. The highest BCUT2D eigenvalue weighted by Crippen LogP contribution is 2.29. The van der Waals surface area contributed by atoms with Crippen LogP contribution in [0.25, 0.3) is 0 Å². The molecule has 2 atom stereocenters. The van der Waals surface area contributed by atoms with E-state index in [4.69, 9.17) is 9.47 Å². The average Bonchev–Trinajstić information content (AvgIpc) is 3.15. The summed E-state index contributed by atoms with van der Waals surface area (Å²) >= 11 is 0. The summed E-state index contributed by atoms with van der Waals surface area (Å²) in [7, 11) is -2.77. The predicted molar refractivity (Wildman–Crippen MR) is 96.0 cm³/mol. The number of hydrogen-bond donors (Lipinski definition) is 1. The molecule has 2 unspecified atom stereocenters. The molecular weight excluding hydrogens is 395 g/mol. The lowest BCUT2D eigenvalue weighted by molar-refractivity contribution is 0.0509. The Morgan fingerprint density at radius 1 is 1.21 bits per heavy atom. The topological polar surface area (TPSA) is 115 Å². The van der Waals surface area contributed by atoms with Gasteiger partial charge in [-0.1, -0.05) is 0 Å². The fourth-order valence-electron chi connectivity index (χ4n) is 3.29. The van der Waals surface area contributed by atoms with Crippen LogP contribution in [0.15, 0.2) is 11.1 Å². The Kier molecular flexibility index (Phi) is 7.05. The van der Waals surface area contributed by atoms with Crippen molar-refractivity contribution in [2.24, 2.45) is 18.9 Å². The molecule has 1 amide bonds. The number of rotatable bonds is 7. The van der Waals surface area contributed by atoms with E-state index in [-0.39, 0.29) is 32.9 Å². The van der Waals surface area contributed by atoms with E-state index in [0.717, 1.165) is 10.8 Å². The van der Waals surface area contributed by atoms with Crippen LogP contribution in [0, 0.1) is 17.7 Å². The fourth-order valence-corrected chi connectivity index (χ4v) is 5.10. The standard InChI is InChI=1S/C17H25FN2O7S/c1-4-26-16(22)15-14(18)13(8-19(15)3)28(24,25)10-12-7-20(6-11(12)9-21)17(23)27-5-2/h8,11-12,21H,4-7,9-10H2,1-3H3. The molecule has 1 aliphatic heterocycles. The van der Waals surface area contributed by atoms with E-state index in [1.165, 1.54) is 11.9 Å². The minimum Gasteiger partial charge on any atom is -0.461 e. The summed E-state index contributed by atoms with van der Waals surface area (Å²) in [5, 5.41) is 9.55. The summed E-state index contributed by atoms with van der Waals surface area (Å²) < 4.78 is 51.0. The van der Waals surface area contributed by atoms with Crippen LogP contribution in [0.1, 0.15) is 24.3 Å². The molecular formula is C17H25FN2O7S. The van der Waals surface area contributed by atoms with Crippen molar-refractivity contribution in [3.05, 3.63) is 17.7 Å². The van der Waals surface area contributed by atoms with Gasteiger partial charge in [0.1, 0.15) is 4.90 Å². The first-order valence-electron chi connectivity index (χ1n) is 8.93. The summed E-state index contributed by atoms with van der Waals surface area (Å²) in [6.45, 7) is 3.31. The SMILES string of the molecule is CCOC(=O)c1c(F)c(S(=O)(=O)CC2CN(C(=O)OCC)CC2CO)cn1C. The Balaban J connectivity index is 2.25. The van der Waals surface area contributed by atoms with Crippen molar-refractivity contribution in [2.75, 3.05) is 38.7 Å². The number of halogens is 1. The van der Waals surface area contributed by atoms with Crippen molar-refractivity contribution in [1.29, 1.82) is 0 Å². The largest absolute Gasteiger partial charge is 0.461 e. The Hall–Kier alpha value is -2.14. The lowest BCUT2D eigenvalue weighted by atomic mass is 9.99. The van der Waals surface area contributed by atoms with E-state index in [0.29, 0.717) is 0 Å². The minimum atomic E-state index is -4.12. The zero-order valence-corrected chi connectivity index (χ0v) is 16.9. The second kappa shape index (κ2) is 8.91. The van der Waals surface area contributed by atoms with Gasteiger partial charge in [-0.05, 0) is 19.8 Å². The highest BCUT2D eigenvalue weighted by molar-refractivity contribution is 7.91. The lowest BCUT2D eigenvalue weighted by Crippen LogP contribution is -2.30. The van der Waals surface area contributed by atoms with E-state index in [1.807, 2.05) is 0 Å². The molecule has 158 valence electrons. The van der Waals surface area contributed by atoms with Crippen LogP contribution in [-0.2, 0) is 26.4 Å². The number of sulfone groups is 1. The fraction of sp³-hybridized carbons (Fsp3) is 0.647. The molecule has 1 fully saturated rings. The van der Waals surface area contributed by atoms with Gasteiger partial charge in [-0.3, -0.25) is 0 Å². The second-order valence-corrected chi connectivity index (χ2v) is 8.58. The van der Waals surface area contributed by atoms with Crippen molar-refractivity contribution in [1.82, 2.24) is 9.47 Å². The van der Waals surface area contributed by atoms with Gasteiger partial charge >= 0.3 is 12.1 Å². The van der Waals surface area contributed by atoms with E-state index >= 15 is 0 Å². The van der Waals surface area contributed by atoms with Crippen molar-refractivity contribution in [3.8, 4) is 0 Å². The number of aliphatic hydroxyl groups is 1. The number of aromatic nitrogens is 1. The van der Waals surface area contributed by atoms with Gasteiger partial charge in [-0.15, -0.1) is 0 Å². The van der Waals surface area contributed by atoms with Crippen LogP contribution >= 0.6 is 0 Å². The van der Waals surface area contributed by atoms with Gasteiger partial charge < -0.3 is 24.0 Å². The quantitative estimate of drug-likeness (QED) is 0.649. The predicted octanol–water partition coefficient (Wildman–Crippen LogP) is 0.811. The molecule has 1 aromatic rings. The van der Waals surface area contributed by atoms with Gasteiger partial charge in [0, 0.05) is 38.9 Å². The van der Waals surface area contributed by atoms with E-state index in [9.17, 15) is 27.5 Å². The first kappa shape index (κ1) is 22.2. The highest BCUT2D eigenvalue weighted by atomic mass is 32.2. The normalized spacial score (nSPS) is 19.7. The van der Waals surface area contributed by atoms with E-state index in [2.05, 4.69) is 0 Å². The number of amides is 1. The number of likely N-dealkylation sites (tertiary alicyclic amines) is 1.